The van der Waals surface area contributed by atoms with Crippen molar-refractivity contribution in [2.75, 3.05) is 33.8 Å². The van der Waals surface area contributed by atoms with Crippen LogP contribution in [0.25, 0.3) is 0 Å². The fourth-order valence-electron chi connectivity index (χ4n) is 3.68. The lowest BCUT2D eigenvalue weighted by Crippen LogP contribution is -2.43. The van der Waals surface area contributed by atoms with Gasteiger partial charge >= 0.3 is 0 Å². The van der Waals surface area contributed by atoms with E-state index in [1.807, 2.05) is 20.2 Å². The minimum absolute atomic E-state index is 0.00323. The van der Waals surface area contributed by atoms with E-state index in [0.29, 0.717) is 18.9 Å². The Hall–Kier alpha value is -1.39. The summed E-state index contributed by atoms with van der Waals surface area (Å²) in [6, 6.07) is 10.6. The Morgan fingerprint density at radius 2 is 2.04 bits per heavy atom. The standard InChI is InChI=1S/C21H34N2O2/c1-17(2)19-15-21(10-13-25-19,14-18-8-6-5-7-9-18)16-20(24)22-11-12-23(3)4/h5-9,17,19H,10-16H2,1-4H3,(H,22,24). The first-order chi connectivity index (χ1) is 11.9. The van der Waals surface area contributed by atoms with Crippen LogP contribution in [0.4, 0.5) is 0 Å². The molecule has 0 aliphatic carbocycles. The second kappa shape index (κ2) is 9.35. The topological polar surface area (TPSA) is 41.6 Å². The number of benzene rings is 1. The summed E-state index contributed by atoms with van der Waals surface area (Å²) in [5.41, 5.74) is 1.31. The van der Waals surface area contributed by atoms with Crippen LogP contribution in [0.2, 0.25) is 0 Å². The summed E-state index contributed by atoms with van der Waals surface area (Å²) in [7, 11) is 4.05. The van der Waals surface area contributed by atoms with Crippen molar-refractivity contribution >= 4 is 5.91 Å². The number of nitrogens with zero attached hydrogens (tertiary/aromatic N) is 1. The maximum atomic E-state index is 12.6. The van der Waals surface area contributed by atoms with E-state index in [0.717, 1.165) is 32.4 Å². The normalized spacial score (nSPS) is 23.8. The molecule has 1 heterocycles. The van der Waals surface area contributed by atoms with Gasteiger partial charge in [-0.1, -0.05) is 44.2 Å². The van der Waals surface area contributed by atoms with Crippen LogP contribution < -0.4 is 5.32 Å². The summed E-state index contributed by atoms with van der Waals surface area (Å²) in [5.74, 6) is 0.648. The van der Waals surface area contributed by atoms with Crippen molar-refractivity contribution in [3.8, 4) is 0 Å². The molecular weight excluding hydrogens is 312 g/mol. The van der Waals surface area contributed by atoms with Gasteiger partial charge in [0.2, 0.25) is 5.91 Å². The van der Waals surface area contributed by atoms with Gasteiger partial charge in [-0.2, -0.15) is 0 Å². The zero-order valence-corrected chi connectivity index (χ0v) is 16.3. The molecule has 0 saturated carbocycles. The first-order valence-electron chi connectivity index (χ1n) is 9.47. The number of likely N-dealkylation sites (N-methyl/N-ethyl adjacent to an activating group) is 1. The summed E-state index contributed by atoms with van der Waals surface area (Å²) in [6.07, 6.45) is 3.68. The highest BCUT2D eigenvalue weighted by molar-refractivity contribution is 5.76. The molecular formula is C21H34N2O2. The van der Waals surface area contributed by atoms with Crippen LogP contribution in [-0.4, -0.2) is 50.7 Å². The Kier molecular flexibility index (Phi) is 7.45. The number of carbonyl (C=O) groups excluding carboxylic acids is 1. The fraction of sp³-hybridized carbons (Fsp3) is 0.667. The molecule has 140 valence electrons. The van der Waals surface area contributed by atoms with E-state index in [4.69, 9.17) is 4.74 Å². The van der Waals surface area contributed by atoms with Crippen molar-refractivity contribution < 1.29 is 9.53 Å². The van der Waals surface area contributed by atoms with Gasteiger partial charge in [-0.25, -0.2) is 0 Å². The molecule has 1 amide bonds. The molecule has 0 radical (unpaired) electrons. The first-order valence-corrected chi connectivity index (χ1v) is 9.47. The maximum Gasteiger partial charge on any atom is 0.220 e. The minimum Gasteiger partial charge on any atom is -0.378 e. The molecule has 1 saturated heterocycles. The molecule has 25 heavy (non-hydrogen) atoms. The van der Waals surface area contributed by atoms with E-state index < -0.39 is 0 Å². The van der Waals surface area contributed by atoms with Gasteiger partial charge < -0.3 is 15.0 Å². The number of rotatable bonds is 8. The quantitative estimate of drug-likeness (QED) is 0.786. The lowest BCUT2D eigenvalue weighted by atomic mass is 9.69. The number of hydrogen-bond acceptors (Lipinski definition) is 3. The number of nitrogens with one attached hydrogen (secondary N) is 1. The van der Waals surface area contributed by atoms with E-state index in [1.54, 1.807) is 0 Å². The third kappa shape index (κ3) is 6.44. The summed E-state index contributed by atoms with van der Waals surface area (Å²) in [6.45, 7) is 6.74. The molecule has 2 rings (SSSR count). The average molecular weight is 347 g/mol. The highest BCUT2D eigenvalue weighted by atomic mass is 16.5. The summed E-state index contributed by atoms with van der Waals surface area (Å²) in [5, 5.41) is 3.09. The number of amides is 1. The summed E-state index contributed by atoms with van der Waals surface area (Å²) >= 11 is 0. The van der Waals surface area contributed by atoms with E-state index in [9.17, 15) is 4.79 Å². The van der Waals surface area contributed by atoms with Crippen molar-refractivity contribution in [2.24, 2.45) is 11.3 Å². The van der Waals surface area contributed by atoms with Crippen LogP contribution in [0.3, 0.4) is 0 Å². The predicted octanol–water partition coefficient (Wildman–Crippen LogP) is 3.12. The van der Waals surface area contributed by atoms with Crippen LogP contribution in [-0.2, 0) is 16.0 Å². The van der Waals surface area contributed by atoms with Gasteiger partial charge in [0.15, 0.2) is 0 Å². The van der Waals surface area contributed by atoms with E-state index in [2.05, 4.69) is 48.3 Å². The Bertz CT molecular complexity index is 530. The maximum absolute atomic E-state index is 12.6. The number of hydrogen-bond donors (Lipinski definition) is 1. The van der Waals surface area contributed by atoms with Crippen molar-refractivity contribution in [1.82, 2.24) is 10.2 Å². The van der Waals surface area contributed by atoms with Crippen LogP contribution in [0.5, 0.6) is 0 Å². The Morgan fingerprint density at radius 3 is 2.68 bits per heavy atom. The highest BCUT2D eigenvalue weighted by Gasteiger charge is 2.39. The zero-order valence-electron chi connectivity index (χ0n) is 16.3. The summed E-state index contributed by atoms with van der Waals surface area (Å²) in [4.78, 5) is 14.7. The van der Waals surface area contributed by atoms with Crippen molar-refractivity contribution in [3.63, 3.8) is 0 Å². The van der Waals surface area contributed by atoms with Gasteiger partial charge in [0.1, 0.15) is 0 Å². The Balaban J connectivity index is 2.07. The third-order valence-corrected chi connectivity index (χ3v) is 5.18. The van der Waals surface area contributed by atoms with Gasteiger partial charge in [-0.3, -0.25) is 4.79 Å². The molecule has 4 heteroatoms. The van der Waals surface area contributed by atoms with Gasteiger partial charge in [0.25, 0.3) is 0 Å². The van der Waals surface area contributed by atoms with Crippen LogP contribution >= 0.6 is 0 Å². The lowest BCUT2D eigenvalue weighted by Gasteiger charge is -2.42. The van der Waals surface area contributed by atoms with Crippen LogP contribution in [0.1, 0.15) is 38.7 Å². The molecule has 0 bridgehead atoms. The van der Waals surface area contributed by atoms with Gasteiger partial charge in [0, 0.05) is 26.1 Å². The molecule has 2 atom stereocenters. The minimum atomic E-state index is -0.00323. The monoisotopic (exact) mass is 346 g/mol. The highest BCUT2D eigenvalue weighted by Crippen LogP contribution is 2.41. The molecule has 1 aromatic rings. The molecule has 1 aromatic carbocycles. The second-order valence-corrected chi connectivity index (χ2v) is 8.10. The van der Waals surface area contributed by atoms with Gasteiger partial charge in [0.05, 0.1) is 6.10 Å². The van der Waals surface area contributed by atoms with Gasteiger partial charge in [-0.05, 0) is 50.3 Å². The average Bonchev–Trinajstić information content (AvgIpc) is 2.55. The van der Waals surface area contributed by atoms with E-state index in [1.165, 1.54) is 5.56 Å². The molecule has 2 unspecified atom stereocenters. The number of carbonyl (C=O) groups is 1. The predicted molar refractivity (Wildman–Crippen MR) is 103 cm³/mol. The Morgan fingerprint density at radius 1 is 1.32 bits per heavy atom. The fourth-order valence-corrected chi connectivity index (χ4v) is 3.68. The third-order valence-electron chi connectivity index (χ3n) is 5.18. The molecule has 1 N–H and O–H groups in total. The second-order valence-electron chi connectivity index (χ2n) is 8.10. The molecule has 1 fully saturated rings. The SMILES string of the molecule is CC(C)C1CC(CC(=O)NCCN(C)C)(Cc2ccccc2)CCO1. The molecule has 1 aliphatic heterocycles. The molecule has 4 nitrogen and oxygen atoms in total. The lowest BCUT2D eigenvalue weighted by molar-refractivity contribution is -0.128. The largest absolute Gasteiger partial charge is 0.378 e. The zero-order chi connectivity index (χ0) is 18.3. The van der Waals surface area contributed by atoms with Crippen molar-refractivity contribution in [1.29, 1.82) is 0 Å². The van der Waals surface area contributed by atoms with Gasteiger partial charge in [-0.15, -0.1) is 0 Å². The molecule has 1 aliphatic rings. The molecule has 0 spiro atoms. The first kappa shape index (κ1) is 19.9. The van der Waals surface area contributed by atoms with Crippen LogP contribution in [0.15, 0.2) is 30.3 Å². The number of ether oxygens (including phenoxy) is 1. The smallest absolute Gasteiger partial charge is 0.220 e. The summed E-state index contributed by atoms with van der Waals surface area (Å²) < 4.78 is 5.99. The van der Waals surface area contributed by atoms with E-state index >= 15 is 0 Å². The van der Waals surface area contributed by atoms with Crippen molar-refractivity contribution in [3.05, 3.63) is 35.9 Å². The Labute approximate surface area is 152 Å². The molecule has 0 aromatic heterocycles. The van der Waals surface area contributed by atoms with Crippen molar-refractivity contribution in [2.45, 2.75) is 45.6 Å². The van der Waals surface area contributed by atoms with E-state index in [-0.39, 0.29) is 17.4 Å². The van der Waals surface area contributed by atoms with Crippen LogP contribution in [0, 0.1) is 11.3 Å².